The molecule has 1 aromatic heterocycles. The van der Waals surface area contributed by atoms with E-state index in [0.717, 1.165) is 19.4 Å². The van der Waals surface area contributed by atoms with Gasteiger partial charge in [0.05, 0.1) is 12.7 Å². The van der Waals surface area contributed by atoms with Crippen molar-refractivity contribution in [3.8, 4) is 0 Å². The Morgan fingerprint density at radius 1 is 1.25 bits per heavy atom. The van der Waals surface area contributed by atoms with E-state index < -0.39 is 0 Å². The van der Waals surface area contributed by atoms with Gasteiger partial charge in [-0.3, -0.25) is 4.68 Å². The first-order valence-electron chi connectivity index (χ1n) is 5.66. The normalized spacial score (nSPS) is 18.7. The van der Waals surface area contributed by atoms with E-state index in [1.54, 1.807) is 0 Å². The fourth-order valence-electron chi connectivity index (χ4n) is 2.35. The lowest BCUT2D eigenvalue weighted by Crippen LogP contribution is -2.20. The summed E-state index contributed by atoms with van der Waals surface area (Å²) < 4.78 is 2.08. The first kappa shape index (κ1) is 9.60. The number of hydrogen-bond donors (Lipinski definition) is 1. The molecular weight excluding hydrogens is 198 g/mol. The van der Waals surface area contributed by atoms with Gasteiger partial charge in [-0.2, -0.15) is 5.10 Å². The van der Waals surface area contributed by atoms with Crippen LogP contribution in [0.1, 0.15) is 16.8 Å². The molecule has 0 saturated carbocycles. The predicted molar refractivity (Wildman–Crippen MR) is 63.2 cm³/mol. The molecular formula is C13H15N3. The molecule has 3 heteroatoms. The van der Waals surface area contributed by atoms with Crippen molar-refractivity contribution in [2.75, 3.05) is 0 Å². The SMILES string of the molecule is NC1Cc2cnn(Cc3ccccc3)c2C1. The molecule has 3 nitrogen and oxygen atoms in total. The number of aromatic nitrogens is 2. The van der Waals surface area contributed by atoms with Gasteiger partial charge >= 0.3 is 0 Å². The molecule has 0 aliphatic heterocycles. The maximum atomic E-state index is 5.95. The van der Waals surface area contributed by atoms with Crippen LogP contribution in [0.15, 0.2) is 36.5 Å². The Morgan fingerprint density at radius 2 is 2.06 bits per heavy atom. The average molecular weight is 213 g/mol. The zero-order valence-corrected chi connectivity index (χ0v) is 9.13. The van der Waals surface area contributed by atoms with Gasteiger partial charge < -0.3 is 5.73 Å². The summed E-state index contributed by atoms with van der Waals surface area (Å²) in [5.41, 5.74) is 9.88. The van der Waals surface area contributed by atoms with Gasteiger partial charge in [0.15, 0.2) is 0 Å². The molecule has 82 valence electrons. The highest BCUT2D eigenvalue weighted by Crippen LogP contribution is 2.21. The quantitative estimate of drug-likeness (QED) is 0.818. The molecule has 0 amide bonds. The minimum atomic E-state index is 0.287. The van der Waals surface area contributed by atoms with Crippen LogP contribution in [-0.4, -0.2) is 15.8 Å². The topological polar surface area (TPSA) is 43.8 Å². The molecule has 0 spiro atoms. The molecule has 0 saturated heterocycles. The Kier molecular flexibility index (Phi) is 2.26. The van der Waals surface area contributed by atoms with Crippen molar-refractivity contribution in [2.24, 2.45) is 5.73 Å². The number of hydrogen-bond acceptors (Lipinski definition) is 2. The average Bonchev–Trinajstić information content (AvgIpc) is 2.81. The molecule has 1 aromatic carbocycles. The fraction of sp³-hybridized carbons (Fsp3) is 0.308. The van der Waals surface area contributed by atoms with Gasteiger partial charge in [0.2, 0.25) is 0 Å². The molecule has 16 heavy (non-hydrogen) atoms. The Bertz CT molecular complexity index is 487. The third-order valence-corrected chi connectivity index (χ3v) is 3.15. The lowest BCUT2D eigenvalue weighted by Gasteiger charge is -2.06. The largest absolute Gasteiger partial charge is 0.327 e. The van der Waals surface area contributed by atoms with Gasteiger partial charge in [-0.25, -0.2) is 0 Å². The lowest BCUT2D eigenvalue weighted by atomic mass is 10.2. The number of rotatable bonds is 2. The highest BCUT2D eigenvalue weighted by Gasteiger charge is 2.22. The van der Waals surface area contributed by atoms with E-state index in [4.69, 9.17) is 5.73 Å². The van der Waals surface area contributed by atoms with E-state index >= 15 is 0 Å². The van der Waals surface area contributed by atoms with Crippen molar-refractivity contribution in [3.05, 3.63) is 53.3 Å². The molecule has 2 N–H and O–H groups in total. The van der Waals surface area contributed by atoms with E-state index in [9.17, 15) is 0 Å². The Balaban J connectivity index is 1.87. The van der Waals surface area contributed by atoms with Crippen LogP contribution in [0.4, 0.5) is 0 Å². The first-order chi connectivity index (χ1) is 7.83. The number of benzene rings is 1. The molecule has 1 atom stereocenters. The second-order valence-electron chi connectivity index (χ2n) is 4.43. The van der Waals surface area contributed by atoms with Crippen LogP contribution in [0.5, 0.6) is 0 Å². The van der Waals surface area contributed by atoms with Crippen LogP contribution in [0.3, 0.4) is 0 Å². The second-order valence-corrected chi connectivity index (χ2v) is 4.43. The van der Waals surface area contributed by atoms with Crippen LogP contribution in [-0.2, 0) is 19.4 Å². The number of nitrogens with zero attached hydrogens (tertiary/aromatic N) is 2. The summed E-state index contributed by atoms with van der Waals surface area (Å²) >= 11 is 0. The zero-order chi connectivity index (χ0) is 11.0. The highest BCUT2D eigenvalue weighted by atomic mass is 15.3. The van der Waals surface area contributed by atoms with Gasteiger partial charge in [0.1, 0.15) is 0 Å². The van der Waals surface area contributed by atoms with Gasteiger partial charge in [0, 0.05) is 18.2 Å². The second kappa shape index (κ2) is 3.76. The summed E-state index contributed by atoms with van der Waals surface area (Å²) in [5, 5.41) is 4.43. The molecule has 0 radical (unpaired) electrons. The molecule has 0 fully saturated rings. The van der Waals surface area contributed by atoms with Crippen molar-refractivity contribution < 1.29 is 0 Å². The summed E-state index contributed by atoms with van der Waals surface area (Å²) in [4.78, 5) is 0. The van der Waals surface area contributed by atoms with Crippen molar-refractivity contribution in [3.63, 3.8) is 0 Å². The van der Waals surface area contributed by atoms with Gasteiger partial charge in [-0.05, 0) is 17.5 Å². The molecule has 1 aliphatic carbocycles. The van der Waals surface area contributed by atoms with Crippen LogP contribution >= 0.6 is 0 Å². The van der Waals surface area contributed by atoms with Gasteiger partial charge in [-0.15, -0.1) is 0 Å². The first-order valence-corrected chi connectivity index (χ1v) is 5.66. The Morgan fingerprint density at radius 3 is 2.88 bits per heavy atom. The predicted octanol–water partition coefficient (Wildman–Crippen LogP) is 1.36. The van der Waals surface area contributed by atoms with Crippen molar-refractivity contribution in [2.45, 2.75) is 25.4 Å². The summed E-state index contributed by atoms with van der Waals surface area (Å²) in [7, 11) is 0. The molecule has 1 heterocycles. The molecule has 1 aliphatic rings. The van der Waals surface area contributed by atoms with E-state index in [1.165, 1.54) is 16.8 Å². The van der Waals surface area contributed by atoms with Crippen molar-refractivity contribution >= 4 is 0 Å². The van der Waals surface area contributed by atoms with Crippen molar-refractivity contribution in [1.29, 1.82) is 0 Å². The fourth-order valence-corrected chi connectivity index (χ4v) is 2.35. The lowest BCUT2D eigenvalue weighted by molar-refractivity contribution is 0.618. The number of fused-ring (bicyclic) bond motifs is 1. The van der Waals surface area contributed by atoms with Gasteiger partial charge in [0.25, 0.3) is 0 Å². The summed E-state index contributed by atoms with van der Waals surface area (Å²) in [6, 6.07) is 10.7. The maximum absolute atomic E-state index is 5.95. The van der Waals surface area contributed by atoms with E-state index in [-0.39, 0.29) is 6.04 Å². The highest BCUT2D eigenvalue weighted by molar-refractivity contribution is 5.27. The minimum absolute atomic E-state index is 0.287. The summed E-state index contributed by atoms with van der Waals surface area (Å²) in [6.07, 6.45) is 3.90. The Labute approximate surface area is 94.9 Å². The molecule has 1 unspecified atom stereocenters. The maximum Gasteiger partial charge on any atom is 0.0662 e. The van der Waals surface area contributed by atoms with E-state index in [0.29, 0.717) is 0 Å². The molecule has 0 bridgehead atoms. The monoisotopic (exact) mass is 213 g/mol. The Hall–Kier alpha value is -1.61. The minimum Gasteiger partial charge on any atom is -0.327 e. The zero-order valence-electron chi connectivity index (χ0n) is 9.13. The van der Waals surface area contributed by atoms with Crippen LogP contribution in [0.2, 0.25) is 0 Å². The third-order valence-electron chi connectivity index (χ3n) is 3.15. The third kappa shape index (κ3) is 1.63. The van der Waals surface area contributed by atoms with Crippen LogP contribution in [0.25, 0.3) is 0 Å². The molecule has 2 aromatic rings. The van der Waals surface area contributed by atoms with Crippen molar-refractivity contribution in [1.82, 2.24) is 9.78 Å². The van der Waals surface area contributed by atoms with Crippen LogP contribution in [0, 0.1) is 0 Å². The van der Waals surface area contributed by atoms with Crippen LogP contribution < -0.4 is 5.73 Å². The summed E-state index contributed by atoms with van der Waals surface area (Å²) in [5.74, 6) is 0. The van der Waals surface area contributed by atoms with E-state index in [1.807, 2.05) is 12.3 Å². The number of nitrogens with two attached hydrogens (primary N) is 1. The molecule has 3 rings (SSSR count). The standard InChI is InChI=1S/C13H15N3/c14-12-6-11-8-15-16(13(11)7-12)9-10-4-2-1-3-5-10/h1-5,8,12H,6-7,9,14H2. The van der Waals surface area contributed by atoms with E-state index in [2.05, 4.69) is 34.0 Å². The smallest absolute Gasteiger partial charge is 0.0662 e. The summed E-state index contributed by atoms with van der Waals surface area (Å²) in [6.45, 7) is 0.850. The van der Waals surface area contributed by atoms with Gasteiger partial charge in [-0.1, -0.05) is 30.3 Å².